The highest BCUT2D eigenvalue weighted by atomic mass is 16.3. The van der Waals surface area contributed by atoms with Crippen LogP contribution in [-0.2, 0) is 4.79 Å². The standard InChI is InChI=1S/C11H22N2O2/c1-3-13(2)11(15)8-12-9-6-4-5-7-10(9)14/h9-10,12,14H,3-8H2,1-2H3/t9-,10-/m0/s1. The van der Waals surface area contributed by atoms with Crippen LogP contribution >= 0.6 is 0 Å². The molecule has 1 amide bonds. The van der Waals surface area contributed by atoms with Crippen LogP contribution in [0.4, 0.5) is 0 Å². The highest BCUT2D eigenvalue weighted by Gasteiger charge is 2.23. The number of hydrogen-bond donors (Lipinski definition) is 2. The van der Waals surface area contributed by atoms with Gasteiger partial charge < -0.3 is 15.3 Å². The molecule has 0 aliphatic heterocycles. The molecule has 1 rings (SSSR count). The summed E-state index contributed by atoms with van der Waals surface area (Å²) < 4.78 is 0. The summed E-state index contributed by atoms with van der Waals surface area (Å²) in [6.07, 6.45) is 3.80. The molecule has 0 aromatic rings. The Morgan fingerprint density at radius 3 is 2.73 bits per heavy atom. The van der Waals surface area contributed by atoms with E-state index in [-0.39, 0.29) is 18.1 Å². The van der Waals surface area contributed by atoms with Crippen LogP contribution in [0.2, 0.25) is 0 Å². The Morgan fingerprint density at radius 2 is 2.13 bits per heavy atom. The van der Waals surface area contributed by atoms with Gasteiger partial charge in [0.15, 0.2) is 0 Å². The Hall–Kier alpha value is -0.610. The fourth-order valence-electron chi connectivity index (χ4n) is 1.88. The van der Waals surface area contributed by atoms with Gasteiger partial charge in [0.1, 0.15) is 0 Å². The van der Waals surface area contributed by atoms with E-state index in [1.165, 1.54) is 0 Å². The molecule has 0 spiro atoms. The Bertz CT molecular complexity index is 209. The minimum absolute atomic E-state index is 0.0928. The normalized spacial score (nSPS) is 26.3. The van der Waals surface area contributed by atoms with E-state index in [1.54, 1.807) is 11.9 Å². The first-order valence-corrected chi connectivity index (χ1v) is 5.80. The summed E-state index contributed by atoms with van der Waals surface area (Å²) in [5.41, 5.74) is 0. The van der Waals surface area contributed by atoms with Crippen molar-refractivity contribution in [1.82, 2.24) is 10.2 Å². The van der Waals surface area contributed by atoms with Gasteiger partial charge in [-0.1, -0.05) is 12.8 Å². The summed E-state index contributed by atoms with van der Waals surface area (Å²) in [7, 11) is 1.79. The zero-order valence-corrected chi connectivity index (χ0v) is 9.70. The molecule has 0 heterocycles. The zero-order valence-electron chi connectivity index (χ0n) is 9.70. The largest absolute Gasteiger partial charge is 0.392 e. The number of hydrogen-bond acceptors (Lipinski definition) is 3. The van der Waals surface area contributed by atoms with Crippen molar-refractivity contribution in [3.8, 4) is 0 Å². The summed E-state index contributed by atoms with van der Waals surface area (Å²) in [5.74, 6) is 0.0928. The van der Waals surface area contributed by atoms with Crippen LogP contribution in [0.3, 0.4) is 0 Å². The summed E-state index contributed by atoms with van der Waals surface area (Å²) in [5, 5.41) is 12.8. The molecule has 1 fully saturated rings. The predicted molar refractivity (Wildman–Crippen MR) is 59.6 cm³/mol. The molecule has 0 radical (unpaired) electrons. The number of aliphatic hydroxyl groups excluding tert-OH is 1. The quantitative estimate of drug-likeness (QED) is 0.710. The SMILES string of the molecule is CCN(C)C(=O)CN[C@H]1CCCC[C@@H]1O. The Labute approximate surface area is 91.6 Å². The third-order valence-corrected chi connectivity index (χ3v) is 3.15. The molecule has 0 aromatic carbocycles. The average molecular weight is 214 g/mol. The Balaban J connectivity index is 2.26. The number of amides is 1. The maximum atomic E-state index is 11.5. The summed E-state index contributed by atoms with van der Waals surface area (Å²) >= 11 is 0. The van der Waals surface area contributed by atoms with E-state index >= 15 is 0 Å². The fourth-order valence-corrected chi connectivity index (χ4v) is 1.88. The molecule has 2 atom stereocenters. The van der Waals surface area contributed by atoms with E-state index in [1.807, 2.05) is 6.92 Å². The topological polar surface area (TPSA) is 52.6 Å². The number of nitrogens with one attached hydrogen (secondary N) is 1. The van der Waals surface area contributed by atoms with Crippen molar-refractivity contribution in [1.29, 1.82) is 0 Å². The number of rotatable bonds is 4. The second-order valence-corrected chi connectivity index (χ2v) is 4.25. The molecule has 1 aliphatic rings. The van der Waals surface area contributed by atoms with Crippen molar-refractivity contribution < 1.29 is 9.90 Å². The van der Waals surface area contributed by atoms with Crippen LogP contribution in [0.5, 0.6) is 0 Å². The van der Waals surface area contributed by atoms with Gasteiger partial charge in [0.25, 0.3) is 0 Å². The van der Waals surface area contributed by atoms with Gasteiger partial charge in [0.2, 0.25) is 5.91 Å². The smallest absolute Gasteiger partial charge is 0.236 e. The van der Waals surface area contributed by atoms with Crippen molar-refractivity contribution in [2.45, 2.75) is 44.8 Å². The van der Waals surface area contributed by atoms with E-state index in [9.17, 15) is 9.90 Å². The highest BCUT2D eigenvalue weighted by Crippen LogP contribution is 2.17. The second-order valence-electron chi connectivity index (χ2n) is 4.25. The van der Waals surface area contributed by atoms with Crippen LogP contribution in [-0.4, -0.2) is 48.2 Å². The van der Waals surface area contributed by atoms with Crippen molar-refractivity contribution in [2.24, 2.45) is 0 Å². The van der Waals surface area contributed by atoms with E-state index < -0.39 is 0 Å². The first-order chi connectivity index (χ1) is 7.15. The number of aliphatic hydroxyl groups is 1. The lowest BCUT2D eigenvalue weighted by atomic mass is 9.92. The average Bonchev–Trinajstić information content (AvgIpc) is 2.26. The third kappa shape index (κ3) is 3.80. The van der Waals surface area contributed by atoms with Gasteiger partial charge in [-0.3, -0.25) is 4.79 Å². The summed E-state index contributed by atoms with van der Waals surface area (Å²) in [4.78, 5) is 13.2. The van der Waals surface area contributed by atoms with Gasteiger partial charge in [-0.25, -0.2) is 0 Å². The Morgan fingerprint density at radius 1 is 1.47 bits per heavy atom. The first-order valence-electron chi connectivity index (χ1n) is 5.80. The minimum Gasteiger partial charge on any atom is -0.392 e. The number of likely N-dealkylation sites (N-methyl/N-ethyl adjacent to an activating group) is 1. The lowest BCUT2D eigenvalue weighted by molar-refractivity contribution is -0.129. The molecule has 1 aliphatic carbocycles. The minimum atomic E-state index is -0.279. The van der Waals surface area contributed by atoms with Crippen molar-refractivity contribution in [3.63, 3.8) is 0 Å². The van der Waals surface area contributed by atoms with Gasteiger partial charge in [0, 0.05) is 19.6 Å². The zero-order chi connectivity index (χ0) is 11.3. The van der Waals surface area contributed by atoms with Crippen molar-refractivity contribution in [3.05, 3.63) is 0 Å². The van der Waals surface area contributed by atoms with E-state index in [0.717, 1.165) is 32.2 Å². The predicted octanol–water partition coefficient (Wildman–Crippen LogP) is 0.358. The van der Waals surface area contributed by atoms with Crippen LogP contribution < -0.4 is 5.32 Å². The number of nitrogens with zero attached hydrogens (tertiary/aromatic N) is 1. The van der Waals surface area contributed by atoms with Crippen molar-refractivity contribution >= 4 is 5.91 Å². The lowest BCUT2D eigenvalue weighted by Gasteiger charge is -2.28. The molecular weight excluding hydrogens is 192 g/mol. The molecule has 0 aromatic heterocycles. The molecule has 0 saturated heterocycles. The monoisotopic (exact) mass is 214 g/mol. The van der Waals surface area contributed by atoms with E-state index in [2.05, 4.69) is 5.32 Å². The molecule has 2 N–H and O–H groups in total. The summed E-state index contributed by atoms with van der Waals surface area (Å²) in [6, 6.07) is 0.105. The van der Waals surface area contributed by atoms with Gasteiger partial charge in [-0.05, 0) is 19.8 Å². The molecule has 1 saturated carbocycles. The van der Waals surface area contributed by atoms with Gasteiger partial charge in [-0.15, -0.1) is 0 Å². The van der Waals surface area contributed by atoms with E-state index in [4.69, 9.17) is 0 Å². The Kier molecular flexibility index (Phi) is 5.05. The number of carbonyl (C=O) groups is 1. The molecule has 0 unspecified atom stereocenters. The first kappa shape index (κ1) is 12.5. The second kappa shape index (κ2) is 6.08. The van der Waals surface area contributed by atoms with Crippen LogP contribution in [0.25, 0.3) is 0 Å². The van der Waals surface area contributed by atoms with Gasteiger partial charge >= 0.3 is 0 Å². The maximum absolute atomic E-state index is 11.5. The maximum Gasteiger partial charge on any atom is 0.236 e. The van der Waals surface area contributed by atoms with Crippen LogP contribution in [0.1, 0.15) is 32.6 Å². The highest BCUT2D eigenvalue weighted by molar-refractivity contribution is 5.77. The van der Waals surface area contributed by atoms with E-state index in [0.29, 0.717) is 6.54 Å². The summed E-state index contributed by atoms with van der Waals surface area (Å²) in [6.45, 7) is 3.02. The van der Waals surface area contributed by atoms with Crippen LogP contribution in [0.15, 0.2) is 0 Å². The van der Waals surface area contributed by atoms with Crippen LogP contribution in [0, 0.1) is 0 Å². The lowest BCUT2D eigenvalue weighted by Crippen LogP contribution is -2.46. The third-order valence-electron chi connectivity index (χ3n) is 3.15. The fraction of sp³-hybridized carbons (Fsp3) is 0.909. The molecule has 15 heavy (non-hydrogen) atoms. The molecular formula is C11H22N2O2. The van der Waals surface area contributed by atoms with Gasteiger partial charge in [0.05, 0.1) is 12.6 Å². The molecule has 4 nitrogen and oxygen atoms in total. The van der Waals surface area contributed by atoms with Crippen molar-refractivity contribution in [2.75, 3.05) is 20.1 Å². The molecule has 0 bridgehead atoms. The molecule has 88 valence electrons. The molecule has 4 heteroatoms. The number of carbonyl (C=O) groups excluding carboxylic acids is 1. The van der Waals surface area contributed by atoms with Gasteiger partial charge in [-0.2, -0.15) is 0 Å².